The van der Waals surface area contributed by atoms with E-state index in [4.69, 9.17) is 0 Å². The molecule has 14 heavy (non-hydrogen) atoms. The number of hydrogen-bond donors (Lipinski definition) is 1. The van der Waals surface area contributed by atoms with Crippen LogP contribution in [0.5, 0.6) is 0 Å². The van der Waals surface area contributed by atoms with Crippen LogP contribution < -0.4 is 5.32 Å². The summed E-state index contributed by atoms with van der Waals surface area (Å²) in [5.41, 5.74) is 3.42. The molecule has 0 radical (unpaired) electrons. The van der Waals surface area contributed by atoms with Gasteiger partial charge in [0.05, 0.1) is 4.48 Å². The zero-order valence-electron chi connectivity index (χ0n) is 7.64. The Morgan fingerprint density at radius 1 is 1.07 bits per heavy atom. The molecule has 2 aliphatic rings. The summed E-state index contributed by atoms with van der Waals surface area (Å²) in [5.74, 6) is 0. The molecule has 0 unspecified atom stereocenters. The number of rotatable bonds is 0. The van der Waals surface area contributed by atoms with Crippen LogP contribution in [0.15, 0.2) is 56.3 Å². The van der Waals surface area contributed by atoms with Gasteiger partial charge < -0.3 is 5.32 Å². The molecule has 2 rings (SSSR count). The summed E-state index contributed by atoms with van der Waals surface area (Å²) in [6, 6.07) is 0. The molecule has 1 aliphatic heterocycles. The van der Waals surface area contributed by atoms with Crippen molar-refractivity contribution >= 4 is 31.9 Å². The largest absolute Gasteiger partial charge is 0.358 e. The van der Waals surface area contributed by atoms with Gasteiger partial charge in [0.2, 0.25) is 0 Å². The highest BCUT2D eigenvalue weighted by Crippen LogP contribution is 2.36. The first-order valence-corrected chi connectivity index (χ1v) is 5.87. The summed E-state index contributed by atoms with van der Waals surface area (Å²) >= 11 is 7.12. The van der Waals surface area contributed by atoms with Crippen molar-refractivity contribution in [2.24, 2.45) is 0 Å². The van der Waals surface area contributed by atoms with Gasteiger partial charge in [-0.1, -0.05) is 24.3 Å². The Balaban J connectivity index is 2.58. The minimum atomic E-state index is 1.08. The van der Waals surface area contributed by atoms with Crippen molar-refractivity contribution in [2.45, 2.75) is 6.92 Å². The number of halogens is 2. The highest BCUT2D eigenvalue weighted by Gasteiger charge is 2.17. The predicted molar refractivity (Wildman–Crippen MR) is 67.1 cm³/mol. The van der Waals surface area contributed by atoms with E-state index in [9.17, 15) is 0 Å². The van der Waals surface area contributed by atoms with Gasteiger partial charge in [0, 0.05) is 21.4 Å². The van der Waals surface area contributed by atoms with Gasteiger partial charge in [0.1, 0.15) is 0 Å². The highest BCUT2D eigenvalue weighted by atomic mass is 79.9. The third-order valence-electron chi connectivity index (χ3n) is 2.12. The summed E-state index contributed by atoms with van der Waals surface area (Å²) in [6.45, 7) is 2.04. The zero-order chi connectivity index (χ0) is 10.1. The van der Waals surface area contributed by atoms with Crippen LogP contribution in [0.2, 0.25) is 0 Å². The summed E-state index contributed by atoms with van der Waals surface area (Å²) in [5, 5.41) is 3.34. The fourth-order valence-electron chi connectivity index (χ4n) is 1.39. The van der Waals surface area contributed by atoms with E-state index >= 15 is 0 Å². The van der Waals surface area contributed by atoms with E-state index in [1.807, 2.05) is 25.2 Å². The van der Waals surface area contributed by atoms with Crippen LogP contribution in [0.1, 0.15) is 6.92 Å². The van der Waals surface area contributed by atoms with Gasteiger partial charge in [-0.25, -0.2) is 0 Å². The lowest BCUT2D eigenvalue weighted by Gasteiger charge is -2.21. The number of allylic oxidation sites excluding steroid dienone is 8. The molecule has 1 nitrogen and oxygen atoms in total. The van der Waals surface area contributed by atoms with Crippen molar-refractivity contribution in [2.75, 3.05) is 0 Å². The first-order valence-electron chi connectivity index (χ1n) is 4.29. The van der Waals surface area contributed by atoms with Crippen LogP contribution in [-0.2, 0) is 0 Å². The van der Waals surface area contributed by atoms with Crippen LogP contribution in [0, 0.1) is 0 Å². The van der Waals surface area contributed by atoms with Crippen molar-refractivity contribution in [1.29, 1.82) is 0 Å². The number of dihydropyridines is 1. The Hall–Kier alpha value is -0.540. The normalized spacial score (nSPS) is 20.4. The molecule has 0 atom stereocenters. The molecule has 0 saturated carbocycles. The molecule has 1 heterocycles. The predicted octanol–water partition coefficient (Wildman–Crippen LogP) is 3.87. The van der Waals surface area contributed by atoms with Gasteiger partial charge >= 0.3 is 0 Å². The third-order valence-corrected chi connectivity index (χ3v) is 4.47. The van der Waals surface area contributed by atoms with E-state index in [1.54, 1.807) is 0 Å². The summed E-state index contributed by atoms with van der Waals surface area (Å²) in [6.07, 6.45) is 10.2. The van der Waals surface area contributed by atoms with Gasteiger partial charge in [-0.3, -0.25) is 0 Å². The van der Waals surface area contributed by atoms with Gasteiger partial charge in [0.15, 0.2) is 0 Å². The Morgan fingerprint density at radius 3 is 2.64 bits per heavy atom. The number of nitrogens with one attached hydrogen (secondary N) is 1. The van der Waals surface area contributed by atoms with Crippen LogP contribution >= 0.6 is 31.9 Å². The number of hydrogen-bond acceptors (Lipinski definition) is 1. The summed E-state index contributed by atoms with van der Waals surface area (Å²) < 4.78 is 2.18. The van der Waals surface area contributed by atoms with E-state index < -0.39 is 0 Å². The second-order valence-corrected chi connectivity index (χ2v) is 4.70. The summed E-state index contributed by atoms with van der Waals surface area (Å²) in [4.78, 5) is 0. The van der Waals surface area contributed by atoms with Gasteiger partial charge in [-0.15, -0.1) is 0 Å². The Morgan fingerprint density at radius 2 is 1.86 bits per heavy atom. The molecule has 72 valence electrons. The van der Waals surface area contributed by atoms with Crippen LogP contribution in [-0.4, -0.2) is 0 Å². The standard InChI is InChI=1S/C11H9Br2N/c1-7-10(12)11(13)8-5-3-2-4-6-9(8)14-7/h2-6,14H,1H3. The fourth-order valence-corrected chi connectivity index (χ4v) is 2.34. The molecular formula is C11H9Br2N. The molecule has 0 aromatic carbocycles. The lowest BCUT2D eigenvalue weighted by atomic mass is 10.1. The molecule has 3 heteroatoms. The molecule has 0 fully saturated rings. The summed E-state index contributed by atoms with van der Waals surface area (Å²) in [7, 11) is 0. The van der Waals surface area contributed by atoms with Crippen molar-refractivity contribution in [1.82, 2.24) is 5.32 Å². The number of fused-ring (bicyclic) bond motifs is 1. The van der Waals surface area contributed by atoms with Crippen molar-refractivity contribution in [3.8, 4) is 0 Å². The lowest BCUT2D eigenvalue weighted by Crippen LogP contribution is -2.17. The minimum Gasteiger partial charge on any atom is -0.358 e. The van der Waals surface area contributed by atoms with E-state index in [-0.39, 0.29) is 0 Å². The van der Waals surface area contributed by atoms with Crippen molar-refractivity contribution in [3.05, 3.63) is 56.3 Å². The molecule has 0 saturated heterocycles. The quantitative estimate of drug-likeness (QED) is 0.715. The van der Waals surface area contributed by atoms with Gasteiger partial charge in [-0.05, 0) is 44.9 Å². The maximum absolute atomic E-state index is 3.59. The van der Waals surface area contributed by atoms with Crippen LogP contribution in [0.4, 0.5) is 0 Å². The highest BCUT2D eigenvalue weighted by molar-refractivity contribution is 9.15. The van der Waals surface area contributed by atoms with E-state index in [1.165, 1.54) is 5.57 Å². The average Bonchev–Trinajstić information content (AvgIpc) is 2.39. The smallest absolute Gasteiger partial charge is 0.0514 e. The lowest BCUT2D eigenvalue weighted by molar-refractivity contribution is 0.966. The zero-order valence-corrected chi connectivity index (χ0v) is 10.8. The monoisotopic (exact) mass is 313 g/mol. The van der Waals surface area contributed by atoms with E-state index in [0.717, 1.165) is 20.4 Å². The SMILES string of the molecule is CC1=C(Br)C(Br)=C2C=CC=CC=C2N1. The van der Waals surface area contributed by atoms with Crippen molar-refractivity contribution in [3.63, 3.8) is 0 Å². The first kappa shape index (κ1) is 9.99. The fraction of sp³-hybridized carbons (Fsp3) is 0.0909. The van der Waals surface area contributed by atoms with Crippen LogP contribution in [0.25, 0.3) is 0 Å². The Kier molecular flexibility index (Phi) is 2.79. The Labute approximate surface area is 100 Å². The third kappa shape index (κ3) is 1.66. The first-order chi connectivity index (χ1) is 6.70. The second-order valence-electron chi connectivity index (χ2n) is 3.12. The van der Waals surface area contributed by atoms with Crippen molar-refractivity contribution < 1.29 is 0 Å². The van der Waals surface area contributed by atoms with E-state index in [2.05, 4.69) is 49.3 Å². The molecule has 0 aromatic heterocycles. The molecular weight excluding hydrogens is 306 g/mol. The Bertz CT molecular complexity index is 423. The average molecular weight is 315 g/mol. The maximum Gasteiger partial charge on any atom is 0.0514 e. The van der Waals surface area contributed by atoms with Gasteiger partial charge in [-0.2, -0.15) is 0 Å². The van der Waals surface area contributed by atoms with Crippen LogP contribution in [0.3, 0.4) is 0 Å². The van der Waals surface area contributed by atoms with Gasteiger partial charge in [0.25, 0.3) is 0 Å². The molecule has 1 N–H and O–H groups in total. The molecule has 0 spiro atoms. The minimum absolute atomic E-state index is 1.08. The maximum atomic E-state index is 3.59. The molecule has 1 aliphatic carbocycles. The molecule has 0 amide bonds. The molecule has 0 bridgehead atoms. The molecule has 0 aromatic rings. The second kappa shape index (κ2) is 3.91. The van der Waals surface area contributed by atoms with E-state index in [0.29, 0.717) is 0 Å². The topological polar surface area (TPSA) is 12.0 Å².